The lowest BCUT2D eigenvalue weighted by Crippen LogP contribution is -2.10. The summed E-state index contributed by atoms with van der Waals surface area (Å²) >= 11 is 1.60. The molecule has 0 radical (unpaired) electrons. The number of nitrogens with zero attached hydrogens (tertiary/aromatic N) is 5. The molecule has 0 aliphatic heterocycles. The third-order valence-electron chi connectivity index (χ3n) is 5.16. The van der Waals surface area contributed by atoms with E-state index in [9.17, 15) is 4.79 Å². The molecule has 4 aromatic rings. The number of nitrogen functional groups attached to an aromatic ring is 1. The fraction of sp³-hybridized carbons (Fsp3) is 0.364. The fourth-order valence-electron chi connectivity index (χ4n) is 3.84. The van der Waals surface area contributed by atoms with Gasteiger partial charge in [0.1, 0.15) is 12.9 Å². The SMILES string of the molecule is CCCn1c(Sc2nc3c(N)ncnc3n2CCOC(C)=O)c(CC)c2ccccc21. The number of carbonyl (C=O) groups is 1. The lowest BCUT2D eigenvalue weighted by Gasteiger charge is -2.12. The van der Waals surface area contributed by atoms with Crippen molar-refractivity contribution in [1.82, 2.24) is 24.1 Å². The van der Waals surface area contributed by atoms with Crippen LogP contribution in [-0.2, 0) is 29.0 Å². The number of fused-ring (bicyclic) bond motifs is 2. The zero-order valence-electron chi connectivity index (χ0n) is 18.0. The van der Waals surface area contributed by atoms with Gasteiger partial charge in [-0.3, -0.25) is 9.36 Å². The van der Waals surface area contributed by atoms with E-state index >= 15 is 0 Å². The van der Waals surface area contributed by atoms with Crippen molar-refractivity contribution in [2.24, 2.45) is 0 Å². The van der Waals surface area contributed by atoms with Gasteiger partial charge in [-0.2, -0.15) is 0 Å². The van der Waals surface area contributed by atoms with Crippen molar-refractivity contribution >= 4 is 45.6 Å². The molecule has 31 heavy (non-hydrogen) atoms. The molecular weight excluding hydrogens is 412 g/mol. The quantitative estimate of drug-likeness (QED) is 0.414. The molecule has 0 bridgehead atoms. The van der Waals surface area contributed by atoms with E-state index in [1.54, 1.807) is 11.8 Å². The molecule has 162 valence electrons. The number of anilines is 1. The normalized spacial score (nSPS) is 11.5. The number of nitrogens with two attached hydrogens (primary N) is 1. The Morgan fingerprint density at radius 2 is 1.97 bits per heavy atom. The van der Waals surface area contributed by atoms with Crippen LogP contribution in [0.4, 0.5) is 5.82 Å². The van der Waals surface area contributed by atoms with E-state index in [4.69, 9.17) is 15.5 Å². The van der Waals surface area contributed by atoms with Crippen molar-refractivity contribution in [3.8, 4) is 0 Å². The van der Waals surface area contributed by atoms with E-state index in [0.717, 1.165) is 24.5 Å². The van der Waals surface area contributed by atoms with Gasteiger partial charge < -0.3 is 15.0 Å². The number of hydrogen-bond acceptors (Lipinski definition) is 7. The number of esters is 1. The third-order valence-corrected chi connectivity index (χ3v) is 6.31. The Kier molecular flexibility index (Phi) is 6.13. The molecule has 0 saturated carbocycles. The molecule has 4 rings (SSSR count). The van der Waals surface area contributed by atoms with Gasteiger partial charge in [0.2, 0.25) is 0 Å². The second-order valence-corrected chi connectivity index (χ2v) is 8.18. The summed E-state index contributed by atoms with van der Waals surface area (Å²) in [5.74, 6) is 0.0204. The smallest absolute Gasteiger partial charge is 0.302 e. The molecule has 3 heterocycles. The van der Waals surface area contributed by atoms with Crippen molar-refractivity contribution in [3.63, 3.8) is 0 Å². The number of hydrogen-bond donors (Lipinski definition) is 1. The highest BCUT2D eigenvalue weighted by Gasteiger charge is 2.21. The van der Waals surface area contributed by atoms with Gasteiger partial charge in [-0.15, -0.1) is 0 Å². The van der Waals surface area contributed by atoms with Gasteiger partial charge in [-0.25, -0.2) is 15.0 Å². The minimum absolute atomic E-state index is 0.233. The Morgan fingerprint density at radius 3 is 2.71 bits per heavy atom. The van der Waals surface area contributed by atoms with Gasteiger partial charge >= 0.3 is 5.97 Å². The summed E-state index contributed by atoms with van der Waals surface area (Å²) in [5.41, 5.74) is 9.80. The Balaban J connectivity index is 1.85. The second kappa shape index (κ2) is 8.97. The molecule has 1 aromatic carbocycles. The first kappa shape index (κ1) is 21.2. The number of aromatic nitrogens is 5. The van der Waals surface area contributed by atoms with Crippen LogP contribution in [0.15, 0.2) is 40.8 Å². The summed E-state index contributed by atoms with van der Waals surface area (Å²) in [7, 11) is 0. The summed E-state index contributed by atoms with van der Waals surface area (Å²) in [5, 5.41) is 3.19. The van der Waals surface area contributed by atoms with Crippen LogP contribution in [0.1, 0.15) is 32.8 Å². The maximum Gasteiger partial charge on any atom is 0.302 e. The van der Waals surface area contributed by atoms with Gasteiger partial charge in [0.15, 0.2) is 22.1 Å². The van der Waals surface area contributed by atoms with Crippen molar-refractivity contribution in [1.29, 1.82) is 0 Å². The molecule has 0 amide bonds. The van der Waals surface area contributed by atoms with Crippen molar-refractivity contribution < 1.29 is 9.53 Å². The standard InChI is InChI=1S/C22H26N6O2S/c1-4-10-27-17-9-7-6-8-16(17)15(5-2)21(27)31-22-26-18-19(23)24-13-25-20(18)28(22)11-12-30-14(3)29/h6-9,13H,4-5,10-12H2,1-3H3,(H2,23,24,25). The monoisotopic (exact) mass is 438 g/mol. The van der Waals surface area contributed by atoms with Crippen molar-refractivity contribution in [2.45, 2.75) is 56.9 Å². The van der Waals surface area contributed by atoms with Gasteiger partial charge in [-0.05, 0) is 36.2 Å². The maximum atomic E-state index is 11.3. The average Bonchev–Trinajstić information content (AvgIpc) is 3.25. The molecule has 0 saturated heterocycles. The number of rotatable bonds is 8. The van der Waals surface area contributed by atoms with E-state index in [1.807, 2.05) is 4.57 Å². The van der Waals surface area contributed by atoms with E-state index in [1.165, 1.54) is 34.7 Å². The summed E-state index contributed by atoms with van der Waals surface area (Å²) in [4.78, 5) is 24.5. The average molecular weight is 439 g/mol. The van der Waals surface area contributed by atoms with Crippen molar-refractivity contribution in [3.05, 3.63) is 36.2 Å². The highest BCUT2D eigenvalue weighted by atomic mass is 32.2. The number of carbonyl (C=O) groups excluding carboxylic acids is 1. The molecule has 9 heteroatoms. The van der Waals surface area contributed by atoms with E-state index in [-0.39, 0.29) is 12.6 Å². The van der Waals surface area contributed by atoms with E-state index in [0.29, 0.717) is 23.5 Å². The van der Waals surface area contributed by atoms with Gasteiger partial charge in [0.25, 0.3) is 0 Å². The number of para-hydroxylation sites is 1. The van der Waals surface area contributed by atoms with Crippen LogP contribution < -0.4 is 5.73 Å². The van der Waals surface area contributed by atoms with Crippen LogP contribution in [0, 0.1) is 0 Å². The molecule has 2 N–H and O–H groups in total. The molecule has 3 aromatic heterocycles. The first-order valence-electron chi connectivity index (χ1n) is 10.4. The van der Waals surface area contributed by atoms with Crippen LogP contribution >= 0.6 is 11.8 Å². The second-order valence-electron chi connectivity index (χ2n) is 7.23. The van der Waals surface area contributed by atoms with Crippen molar-refractivity contribution in [2.75, 3.05) is 12.3 Å². The number of ether oxygens (including phenoxy) is 1. The maximum absolute atomic E-state index is 11.3. The first-order chi connectivity index (χ1) is 15.0. The molecular formula is C22H26N6O2S. The van der Waals surface area contributed by atoms with Crippen LogP contribution in [-0.4, -0.2) is 36.7 Å². The highest BCUT2D eigenvalue weighted by molar-refractivity contribution is 7.99. The zero-order chi connectivity index (χ0) is 22.0. The fourth-order valence-corrected chi connectivity index (χ4v) is 5.11. The summed E-state index contributed by atoms with van der Waals surface area (Å²) in [6.45, 7) is 7.34. The van der Waals surface area contributed by atoms with E-state index < -0.39 is 0 Å². The van der Waals surface area contributed by atoms with E-state index in [2.05, 4.69) is 52.6 Å². The molecule has 8 nitrogen and oxygen atoms in total. The largest absolute Gasteiger partial charge is 0.464 e. The first-order valence-corrected chi connectivity index (χ1v) is 11.2. The lowest BCUT2D eigenvalue weighted by molar-refractivity contribution is -0.141. The molecule has 0 spiro atoms. The molecule has 0 aliphatic rings. The third kappa shape index (κ3) is 3.97. The Hall–Kier alpha value is -3.07. The summed E-state index contributed by atoms with van der Waals surface area (Å²) in [6, 6.07) is 8.50. The zero-order valence-corrected chi connectivity index (χ0v) is 18.8. The van der Waals surface area contributed by atoms with Crippen LogP contribution in [0.3, 0.4) is 0 Å². The number of imidazole rings is 1. The predicted molar refractivity (Wildman–Crippen MR) is 122 cm³/mol. The minimum atomic E-state index is -0.316. The minimum Gasteiger partial charge on any atom is -0.464 e. The Morgan fingerprint density at radius 1 is 1.16 bits per heavy atom. The molecule has 0 atom stereocenters. The lowest BCUT2D eigenvalue weighted by atomic mass is 10.1. The Bertz CT molecular complexity index is 1250. The predicted octanol–water partition coefficient (Wildman–Crippen LogP) is 4.05. The van der Waals surface area contributed by atoms with Crippen LogP contribution in [0.5, 0.6) is 0 Å². The summed E-state index contributed by atoms with van der Waals surface area (Å²) in [6.07, 6.45) is 3.37. The molecule has 0 unspecified atom stereocenters. The van der Waals surface area contributed by atoms with Gasteiger partial charge in [-0.1, -0.05) is 32.0 Å². The molecule has 0 aliphatic carbocycles. The number of aryl methyl sites for hydroxylation is 2. The topological polar surface area (TPSA) is 101 Å². The highest BCUT2D eigenvalue weighted by Crippen LogP contribution is 2.38. The Labute approximate surface area is 184 Å². The van der Waals surface area contributed by atoms with Crippen LogP contribution in [0.25, 0.3) is 22.1 Å². The number of benzene rings is 1. The van der Waals surface area contributed by atoms with Gasteiger partial charge in [0, 0.05) is 24.4 Å². The summed E-state index contributed by atoms with van der Waals surface area (Å²) < 4.78 is 9.50. The molecule has 0 fully saturated rings. The van der Waals surface area contributed by atoms with Gasteiger partial charge in [0.05, 0.1) is 11.6 Å². The van der Waals surface area contributed by atoms with Crippen LogP contribution in [0.2, 0.25) is 0 Å².